The van der Waals surface area contributed by atoms with Crippen molar-refractivity contribution in [2.45, 2.75) is 50.9 Å². The molecular weight excluding hydrogens is 419 g/mol. The Morgan fingerprint density at radius 2 is 1.88 bits per heavy atom. The molecule has 5 rings (SSSR count). The van der Waals surface area contributed by atoms with Crippen LogP contribution in [-0.2, 0) is 4.79 Å². The van der Waals surface area contributed by atoms with Gasteiger partial charge in [0.25, 0.3) is 0 Å². The number of hydrogen-bond acceptors (Lipinski definition) is 4. The zero-order chi connectivity index (χ0) is 22.9. The monoisotopic (exact) mass is 452 g/mol. The fourth-order valence-corrected chi connectivity index (χ4v) is 5.54. The highest BCUT2D eigenvalue weighted by Gasteiger charge is 2.52. The number of ether oxygens (including phenoxy) is 1. The number of likely N-dealkylation sites (tertiary alicyclic amines) is 1. The number of benzene rings is 1. The van der Waals surface area contributed by atoms with Crippen LogP contribution in [0.3, 0.4) is 0 Å². The molecule has 2 aromatic rings. The van der Waals surface area contributed by atoms with Gasteiger partial charge in [-0.25, -0.2) is 9.37 Å². The van der Waals surface area contributed by atoms with Crippen molar-refractivity contribution < 1.29 is 19.0 Å². The molecule has 0 bridgehead atoms. The van der Waals surface area contributed by atoms with Crippen molar-refractivity contribution in [3.8, 4) is 5.88 Å². The van der Waals surface area contributed by atoms with Crippen LogP contribution in [0, 0.1) is 22.6 Å². The summed E-state index contributed by atoms with van der Waals surface area (Å²) < 4.78 is 20.0. The summed E-state index contributed by atoms with van der Waals surface area (Å²) in [5, 5.41) is 9.56. The van der Waals surface area contributed by atoms with Gasteiger partial charge in [-0.15, -0.1) is 0 Å². The van der Waals surface area contributed by atoms with Crippen LogP contribution in [0.2, 0.25) is 0 Å². The standard InChI is InChI=1S/C27H33FN2O3/c28-23-7-4-14-29-24(23)33-19-26(9-8-21-17-22(21)20-5-2-1-3-6-20)12-15-30(16-13-26)18-27(10-11-27)25(31)32/h1-7,14,21-22H,8-13,15-19H2,(H,31,32)/t21-,22?/m1/s1. The molecule has 6 heteroatoms. The summed E-state index contributed by atoms with van der Waals surface area (Å²) in [6.45, 7) is 2.85. The second-order valence-electron chi connectivity index (χ2n) is 10.5. The van der Waals surface area contributed by atoms with Gasteiger partial charge in [0.1, 0.15) is 0 Å². The average Bonchev–Trinajstić information content (AvgIpc) is 3.75. The number of aromatic nitrogens is 1. The summed E-state index contributed by atoms with van der Waals surface area (Å²) in [6.07, 6.45) is 8.45. The number of aliphatic carboxylic acids is 1. The maximum Gasteiger partial charge on any atom is 0.310 e. The summed E-state index contributed by atoms with van der Waals surface area (Å²) in [5.41, 5.74) is 0.885. The lowest BCUT2D eigenvalue weighted by Gasteiger charge is -2.42. The number of piperidine rings is 1. The van der Waals surface area contributed by atoms with Crippen molar-refractivity contribution in [2.24, 2.45) is 16.7 Å². The van der Waals surface area contributed by atoms with Crippen LogP contribution in [0.4, 0.5) is 4.39 Å². The molecule has 0 amide bonds. The minimum atomic E-state index is -0.658. The van der Waals surface area contributed by atoms with E-state index >= 15 is 0 Å². The summed E-state index contributed by atoms with van der Waals surface area (Å²) >= 11 is 0. The van der Waals surface area contributed by atoms with Crippen molar-refractivity contribution in [3.63, 3.8) is 0 Å². The molecule has 2 saturated carbocycles. The molecule has 2 heterocycles. The van der Waals surface area contributed by atoms with E-state index in [2.05, 4.69) is 40.2 Å². The zero-order valence-electron chi connectivity index (χ0n) is 19.1. The van der Waals surface area contributed by atoms with Crippen molar-refractivity contribution >= 4 is 5.97 Å². The maximum absolute atomic E-state index is 14.1. The Hall–Kier alpha value is -2.47. The lowest BCUT2D eigenvalue weighted by Crippen LogP contribution is -2.46. The van der Waals surface area contributed by atoms with Gasteiger partial charge in [-0.2, -0.15) is 0 Å². The topological polar surface area (TPSA) is 62.7 Å². The lowest BCUT2D eigenvalue weighted by atomic mass is 9.74. The van der Waals surface area contributed by atoms with Crippen molar-refractivity contribution in [3.05, 3.63) is 60.0 Å². The van der Waals surface area contributed by atoms with E-state index in [1.165, 1.54) is 18.1 Å². The minimum absolute atomic E-state index is 0.0236. The Labute approximate surface area is 195 Å². The maximum atomic E-state index is 14.1. The Morgan fingerprint density at radius 3 is 2.55 bits per heavy atom. The first-order valence-corrected chi connectivity index (χ1v) is 12.2. The minimum Gasteiger partial charge on any atom is -0.481 e. The van der Waals surface area contributed by atoms with Gasteiger partial charge >= 0.3 is 5.97 Å². The number of nitrogens with zero attached hydrogens (tertiary/aromatic N) is 2. The van der Waals surface area contributed by atoms with Crippen LogP contribution in [-0.4, -0.2) is 47.2 Å². The van der Waals surface area contributed by atoms with Crippen LogP contribution >= 0.6 is 0 Å². The number of hydrogen-bond donors (Lipinski definition) is 1. The predicted octanol–water partition coefficient (Wildman–Crippen LogP) is 5.13. The average molecular weight is 453 g/mol. The van der Waals surface area contributed by atoms with Gasteiger partial charge in [0.2, 0.25) is 5.88 Å². The number of carboxylic acids is 1. The van der Waals surface area contributed by atoms with Gasteiger partial charge in [0, 0.05) is 18.2 Å². The van der Waals surface area contributed by atoms with E-state index in [0.29, 0.717) is 25.0 Å². The van der Waals surface area contributed by atoms with Gasteiger partial charge in [-0.3, -0.25) is 4.79 Å². The van der Waals surface area contributed by atoms with Crippen LogP contribution in [0.15, 0.2) is 48.7 Å². The molecule has 1 aliphatic heterocycles. The molecular formula is C27H33FN2O3. The first-order valence-electron chi connectivity index (χ1n) is 12.2. The fourth-order valence-electron chi connectivity index (χ4n) is 5.54. The lowest BCUT2D eigenvalue weighted by molar-refractivity contribution is -0.144. The molecule has 2 aliphatic carbocycles. The van der Waals surface area contributed by atoms with Gasteiger partial charge in [0.05, 0.1) is 12.0 Å². The summed E-state index contributed by atoms with van der Waals surface area (Å²) in [5.74, 6) is 0.358. The van der Waals surface area contributed by atoms with Crippen LogP contribution in [0.5, 0.6) is 5.88 Å². The summed E-state index contributed by atoms with van der Waals surface area (Å²) in [4.78, 5) is 18.0. The quantitative estimate of drug-likeness (QED) is 0.541. The Balaban J connectivity index is 1.21. The summed E-state index contributed by atoms with van der Waals surface area (Å²) in [7, 11) is 0. The molecule has 3 aliphatic rings. The van der Waals surface area contributed by atoms with Gasteiger partial charge < -0.3 is 14.7 Å². The zero-order valence-corrected chi connectivity index (χ0v) is 19.1. The smallest absolute Gasteiger partial charge is 0.310 e. The fraction of sp³-hybridized carbons (Fsp3) is 0.556. The van der Waals surface area contributed by atoms with Crippen molar-refractivity contribution in [2.75, 3.05) is 26.2 Å². The highest BCUT2D eigenvalue weighted by atomic mass is 19.1. The molecule has 1 unspecified atom stereocenters. The Kier molecular flexibility index (Phi) is 6.12. The largest absolute Gasteiger partial charge is 0.481 e. The molecule has 3 fully saturated rings. The molecule has 2 atom stereocenters. The predicted molar refractivity (Wildman–Crippen MR) is 124 cm³/mol. The van der Waals surface area contributed by atoms with E-state index in [-0.39, 0.29) is 11.3 Å². The normalized spacial score (nSPS) is 25.4. The van der Waals surface area contributed by atoms with E-state index in [9.17, 15) is 14.3 Å². The number of carboxylic acid groups (broad SMARTS) is 1. The summed E-state index contributed by atoms with van der Waals surface area (Å²) in [6, 6.07) is 13.7. The molecule has 1 saturated heterocycles. The first-order chi connectivity index (χ1) is 16.0. The molecule has 33 heavy (non-hydrogen) atoms. The highest BCUT2D eigenvalue weighted by molar-refractivity contribution is 5.78. The molecule has 0 spiro atoms. The van der Waals surface area contributed by atoms with Crippen molar-refractivity contribution in [1.29, 1.82) is 0 Å². The number of rotatable bonds is 10. The molecule has 1 aromatic carbocycles. The molecule has 1 N–H and O–H groups in total. The van der Waals surface area contributed by atoms with Crippen molar-refractivity contribution in [1.82, 2.24) is 9.88 Å². The van der Waals surface area contributed by atoms with Gasteiger partial charge in [-0.05, 0) is 87.6 Å². The van der Waals surface area contributed by atoms with E-state index in [1.807, 2.05) is 0 Å². The third kappa shape index (κ3) is 5.06. The van der Waals surface area contributed by atoms with E-state index in [1.54, 1.807) is 12.3 Å². The Bertz CT molecular complexity index is 970. The SMILES string of the molecule is O=C(O)C1(CN2CCC(CC[C@@H]3CC3c3ccccc3)(COc3ncccc3F)CC2)CC1. The second-order valence-corrected chi connectivity index (χ2v) is 10.5. The van der Waals surface area contributed by atoms with Crippen LogP contribution in [0.25, 0.3) is 0 Å². The first kappa shape index (κ1) is 22.3. The van der Waals surface area contributed by atoms with Crippen LogP contribution < -0.4 is 4.74 Å². The molecule has 1 aromatic heterocycles. The van der Waals surface area contributed by atoms with Crippen LogP contribution in [0.1, 0.15) is 56.4 Å². The van der Waals surface area contributed by atoms with E-state index in [0.717, 1.165) is 51.6 Å². The number of pyridine rings is 1. The number of halogens is 1. The molecule has 0 radical (unpaired) electrons. The van der Waals surface area contributed by atoms with E-state index in [4.69, 9.17) is 4.74 Å². The second kappa shape index (κ2) is 9.05. The third-order valence-corrected chi connectivity index (χ3v) is 8.19. The highest BCUT2D eigenvalue weighted by Crippen LogP contribution is 2.53. The van der Waals surface area contributed by atoms with Gasteiger partial charge in [-0.1, -0.05) is 30.3 Å². The molecule has 5 nitrogen and oxygen atoms in total. The molecule has 176 valence electrons. The number of carbonyl (C=O) groups is 1. The van der Waals surface area contributed by atoms with Gasteiger partial charge in [0.15, 0.2) is 5.82 Å². The third-order valence-electron chi connectivity index (χ3n) is 8.19. The van der Waals surface area contributed by atoms with E-state index < -0.39 is 17.2 Å². The Morgan fingerprint density at radius 1 is 1.12 bits per heavy atom.